The molecule has 1 atom stereocenters. The van der Waals surface area contributed by atoms with Crippen molar-refractivity contribution in [1.82, 2.24) is 14.8 Å². The van der Waals surface area contributed by atoms with Crippen LogP contribution in [0, 0.1) is 5.92 Å². The molecule has 3 heterocycles. The van der Waals surface area contributed by atoms with Crippen molar-refractivity contribution in [3.63, 3.8) is 0 Å². The van der Waals surface area contributed by atoms with Crippen LogP contribution in [0.15, 0.2) is 30.5 Å². The second-order valence-electron chi connectivity index (χ2n) is 9.62. The van der Waals surface area contributed by atoms with Gasteiger partial charge in [-0.25, -0.2) is 0 Å². The summed E-state index contributed by atoms with van der Waals surface area (Å²) in [5.41, 5.74) is 1.77. The highest BCUT2D eigenvalue weighted by molar-refractivity contribution is 6.00. The third kappa shape index (κ3) is 4.82. The number of carbonyl (C=O) groups is 3. The van der Waals surface area contributed by atoms with Crippen molar-refractivity contribution in [3.05, 3.63) is 36.0 Å². The Bertz CT molecular complexity index is 996. The fourth-order valence-corrected chi connectivity index (χ4v) is 4.56. The number of hydrogen-bond donors (Lipinski definition) is 1. The van der Waals surface area contributed by atoms with E-state index in [0.717, 1.165) is 43.4 Å². The van der Waals surface area contributed by atoms with Crippen LogP contribution in [-0.4, -0.2) is 45.9 Å². The zero-order chi connectivity index (χ0) is 22.2. The predicted molar refractivity (Wildman–Crippen MR) is 117 cm³/mol. The van der Waals surface area contributed by atoms with Gasteiger partial charge in [0, 0.05) is 30.1 Å². The Kier molecular flexibility index (Phi) is 5.88. The van der Waals surface area contributed by atoms with Crippen molar-refractivity contribution >= 4 is 28.7 Å². The number of piperidine rings is 2. The maximum atomic E-state index is 12.4. The second kappa shape index (κ2) is 8.46. The number of esters is 1. The summed E-state index contributed by atoms with van der Waals surface area (Å²) in [5, 5.41) is 3.57. The van der Waals surface area contributed by atoms with Crippen LogP contribution in [0.4, 0.5) is 0 Å². The topological polar surface area (TPSA) is 80.6 Å². The summed E-state index contributed by atoms with van der Waals surface area (Å²) in [7, 11) is 0. The van der Waals surface area contributed by atoms with E-state index in [0.29, 0.717) is 12.8 Å². The van der Waals surface area contributed by atoms with Gasteiger partial charge in [0.2, 0.25) is 11.8 Å². The smallest absolute Gasteiger partial charge is 0.309 e. The minimum absolute atomic E-state index is 0.0279. The van der Waals surface area contributed by atoms with Gasteiger partial charge in [-0.15, -0.1) is 0 Å². The summed E-state index contributed by atoms with van der Waals surface area (Å²) in [4.78, 5) is 38.5. The predicted octanol–water partition coefficient (Wildman–Crippen LogP) is 3.17. The van der Waals surface area contributed by atoms with Gasteiger partial charge >= 0.3 is 5.97 Å². The molecule has 2 aliphatic rings. The quantitative estimate of drug-likeness (QED) is 0.601. The van der Waals surface area contributed by atoms with Crippen LogP contribution in [0.2, 0.25) is 0 Å². The SMILES string of the molecule is CC(C)(C)OC(=O)C1CCN(Cc2cccc3c2ccn3[C@@H]2CCC(=O)NC2=O)CC1. The van der Waals surface area contributed by atoms with Crippen molar-refractivity contribution < 1.29 is 19.1 Å². The number of ether oxygens (including phenoxy) is 1. The fourth-order valence-electron chi connectivity index (χ4n) is 4.56. The van der Waals surface area contributed by atoms with E-state index in [-0.39, 0.29) is 29.7 Å². The Labute approximate surface area is 182 Å². The molecule has 2 fully saturated rings. The number of rotatable bonds is 4. The third-order valence-electron chi connectivity index (χ3n) is 6.12. The Hall–Kier alpha value is -2.67. The number of nitrogens with zero attached hydrogens (tertiary/aromatic N) is 2. The first-order valence-electron chi connectivity index (χ1n) is 11.1. The molecule has 31 heavy (non-hydrogen) atoms. The van der Waals surface area contributed by atoms with Gasteiger partial charge in [-0.1, -0.05) is 12.1 Å². The standard InChI is InChI=1S/C24H31N3O4/c1-24(2,3)31-23(30)16-9-12-26(13-10-16)15-17-5-4-6-19-18(17)11-14-27(19)20-7-8-21(28)25-22(20)29/h4-6,11,14,16,20H,7-10,12-13,15H2,1-3H3,(H,25,28,29)/t20-/m1/s1. The molecule has 0 spiro atoms. The first-order valence-corrected chi connectivity index (χ1v) is 11.1. The maximum Gasteiger partial charge on any atom is 0.309 e. The molecule has 1 aromatic carbocycles. The molecule has 1 N–H and O–H groups in total. The average Bonchev–Trinajstić information content (AvgIpc) is 3.12. The molecular formula is C24H31N3O4. The third-order valence-corrected chi connectivity index (χ3v) is 6.12. The lowest BCUT2D eigenvalue weighted by Crippen LogP contribution is -2.41. The highest BCUT2D eigenvalue weighted by atomic mass is 16.6. The van der Waals surface area contributed by atoms with Gasteiger partial charge in [-0.05, 0) is 70.8 Å². The number of hydrogen-bond acceptors (Lipinski definition) is 5. The van der Waals surface area contributed by atoms with Crippen molar-refractivity contribution in [2.45, 2.75) is 64.6 Å². The van der Waals surface area contributed by atoms with E-state index in [4.69, 9.17) is 4.74 Å². The van der Waals surface area contributed by atoms with E-state index in [1.807, 2.05) is 43.7 Å². The highest BCUT2D eigenvalue weighted by Gasteiger charge is 2.30. The van der Waals surface area contributed by atoms with E-state index in [9.17, 15) is 14.4 Å². The van der Waals surface area contributed by atoms with E-state index >= 15 is 0 Å². The summed E-state index contributed by atoms with van der Waals surface area (Å²) in [5.74, 6) is -0.549. The molecule has 2 aromatic rings. The number of amides is 2. The first-order chi connectivity index (χ1) is 14.7. The van der Waals surface area contributed by atoms with Gasteiger partial charge in [0.05, 0.1) is 5.92 Å². The van der Waals surface area contributed by atoms with Crippen molar-refractivity contribution in [3.8, 4) is 0 Å². The Morgan fingerprint density at radius 3 is 2.55 bits per heavy atom. The molecule has 7 heteroatoms. The average molecular weight is 426 g/mol. The van der Waals surface area contributed by atoms with Gasteiger partial charge in [0.25, 0.3) is 0 Å². The van der Waals surface area contributed by atoms with Crippen molar-refractivity contribution in [1.29, 1.82) is 0 Å². The van der Waals surface area contributed by atoms with Crippen LogP contribution in [0.25, 0.3) is 10.9 Å². The van der Waals surface area contributed by atoms with E-state index in [1.54, 1.807) is 0 Å². The Morgan fingerprint density at radius 2 is 1.87 bits per heavy atom. The molecule has 0 radical (unpaired) electrons. The summed E-state index contributed by atoms with van der Waals surface area (Å²) in [6.45, 7) is 8.23. The number of benzene rings is 1. The molecular weight excluding hydrogens is 394 g/mol. The number of nitrogens with one attached hydrogen (secondary N) is 1. The normalized spacial score (nSPS) is 21.3. The monoisotopic (exact) mass is 425 g/mol. The number of carbonyl (C=O) groups excluding carboxylic acids is 3. The molecule has 7 nitrogen and oxygen atoms in total. The van der Waals surface area contributed by atoms with Crippen LogP contribution < -0.4 is 5.32 Å². The molecule has 166 valence electrons. The van der Waals surface area contributed by atoms with Gasteiger partial charge in [0.1, 0.15) is 11.6 Å². The second-order valence-corrected chi connectivity index (χ2v) is 9.62. The molecule has 0 aliphatic carbocycles. The van der Waals surface area contributed by atoms with Crippen LogP contribution >= 0.6 is 0 Å². The minimum Gasteiger partial charge on any atom is -0.460 e. The zero-order valence-corrected chi connectivity index (χ0v) is 18.5. The van der Waals surface area contributed by atoms with Crippen LogP contribution in [0.3, 0.4) is 0 Å². The lowest BCUT2D eigenvalue weighted by molar-refractivity contribution is -0.161. The molecule has 0 bridgehead atoms. The largest absolute Gasteiger partial charge is 0.460 e. The van der Waals surface area contributed by atoms with Gasteiger partial charge in [-0.2, -0.15) is 0 Å². The van der Waals surface area contributed by atoms with Crippen LogP contribution in [0.5, 0.6) is 0 Å². The summed E-state index contributed by atoms with van der Waals surface area (Å²) in [6.07, 6.45) is 4.45. The van der Waals surface area contributed by atoms with Gasteiger partial charge in [-0.3, -0.25) is 24.6 Å². The molecule has 0 saturated carbocycles. The minimum atomic E-state index is -0.445. The molecule has 1 aromatic heterocycles. The van der Waals surface area contributed by atoms with Crippen molar-refractivity contribution in [2.75, 3.05) is 13.1 Å². The lowest BCUT2D eigenvalue weighted by Gasteiger charge is -2.32. The van der Waals surface area contributed by atoms with Crippen molar-refractivity contribution in [2.24, 2.45) is 5.92 Å². The number of fused-ring (bicyclic) bond motifs is 1. The Balaban J connectivity index is 1.43. The molecule has 2 amide bonds. The lowest BCUT2D eigenvalue weighted by atomic mass is 9.96. The molecule has 2 aliphatic heterocycles. The van der Waals surface area contributed by atoms with E-state index in [1.165, 1.54) is 5.56 Å². The summed E-state index contributed by atoms with van der Waals surface area (Å²) >= 11 is 0. The maximum absolute atomic E-state index is 12.4. The molecule has 2 saturated heterocycles. The number of likely N-dealkylation sites (tertiary alicyclic amines) is 1. The van der Waals surface area contributed by atoms with E-state index < -0.39 is 5.60 Å². The molecule has 0 unspecified atom stereocenters. The highest BCUT2D eigenvalue weighted by Crippen LogP contribution is 2.29. The molecule has 4 rings (SSSR count). The van der Waals surface area contributed by atoms with Crippen LogP contribution in [0.1, 0.15) is 58.1 Å². The number of aromatic nitrogens is 1. The summed E-state index contributed by atoms with van der Waals surface area (Å²) in [6, 6.07) is 7.87. The van der Waals surface area contributed by atoms with Gasteiger partial charge in [0.15, 0.2) is 0 Å². The van der Waals surface area contributed by atoms with Crippen LogP contribution in [-0.2, 0) is 25.7 Å². The first kappa shape index (κ1) is 21.6. The summed E-state index contributed by atoms with van der Waals surface area (Å²) < 4.78 is 7.53. The van der Waals surface area contributed by atoms with E-state index in [2.05, 4.69) is 22.3 Å². The zero-order valence-electron chi connectivity index (χ0n) is 18.5. The van der Waals surface area contributed by atoms with Gasteiger partial charge < -0.3 is 9.30 Å². The Morgan fingerprint density at radius 1 is 1.13 bits per heavy atom. The number of imide groups is 1. The fraction of sp³-hybridized carbons (Fsp3) is 0.542.